The number of hydrogen-bond donors (Lipinski definition) is 1. The minimum absolute atomic E-state index is 0.0616. The zero-order valence-electron chi connectivity index (χ0n) is 23.8. The fraction of sp³-hybridized carbons (Fsp3) is 0.176. The van der Waals surface area contributed by atoms with E-state index in [1.54, 1.807) is 29.2 Å². The average molecular weight is 576 g/mol. The standard InChI is InChI=1S/C34H30FN5O3/c1-22(2)39(25-18-16-23(35)17-19-25)32(41)21-38-30-14-8-9-15-31(30)40(24-10-4-3-5-11-24)34(43)27(33(38)42)20-29-26-12-6-7-13-28(26)36-37-29/h3-19,22,27H,20-21H2,1-2H3,(H,36,37). The molecule has 8 nitrogen and oxygen atoms in total. The van der Waals surface area contributed by atoms with Crippen LogP contribution in [-0.4, -0.2) is 40.5 Å². The lowest BCUT2D eigenvalue weighted by atomic mass is 9.98. The number of carbonyl (C=O) groups is 3. The Morgan fingerprint density at radius 3 is 2.23 bits per heavy atom. The Hall–Kier alpha value is -5.31. The fourth-order valence-electron chi connectivity index (χ4n) is 5.67. The van der Waals surface area contributed by atoms with E-state index in [0.29, 0.717) is 28.4 Å². The Bertz CT molecular complexity index is 1800. The molecule has 2 heterocycles. The summed E-state index contributed by atoms with van der Waals surface area (Å²) in [5, 5.41) is 8.20. The van der Waals surface area contributed by atoms with Gasteiger partial charge in [-0.05, 0) is 68.4 Å². The van der Waals surface area contributed by atoms with Crippen LogP contribution in [0.25, 0.3) is 10.9 Å². The summed E-state index contributed by atoms with van der Waals surface area (Å²) in [6.45, 7) is 3.39. The molecule has 1 N–H and O–H groups in total. The molecule has 0 saturated heterocycles. The quantitative estimate of drug-likeness (QED) is 0.241. The molecule has 0 fully saturated rings. The number of fused-ring (bicyclic) bond motifs is 2. The van der Waals surface area contributed by atoms with Crippen LogP contribution < -0.4 is 14.7 Å². The van der Waals surface area contributed by atoms with E-state index in [0.717, 1.165) is 10.9 Å². The van der Waals surface area contributed by atoms with E-state index in [9.17, 15) is 18.8 Å². The predicted molar refractivity (Wildman–Crippen MR) is 165 cm³/mol. The molecule has 0 spiro atoms. The van der Waals surface area contributed by atoms with E-state index in [4.69, 9.17) is 0 Å². The molecule has 1 aromatic heterocycles. The monoisotopic (exact) mass is 575 g/mol. The molecule has 6 rings (SSSR count). The Morgan fingerprint density at radius 2 is 1.51 bits per heavy atom. The van der Waals surface area contributed by atoms with Crippen molar-refractivity contribution < 1.29 is 18.8 Å². The molecule has 1 atom stereocenters. The summed E-state index contributed by atoms with van der Waals surface area (Å²) >= 11 is 0. The van der Waals surface area contributed by atoms with Gasteiger partial charge in [0.2, 0.25) is 17.7 Å². The van der Waals surface area contributed by atoms with Gasteiger partial charge in [-0.3, -0.25) is 24.4 Å². The van der Waals surface area contributed by atoms with Crippen LogP contribution in [0.15, 0.2) is 103 Å². The average Bonchev–Trinajstić information content (AvgIpc) is 3.40. The van der Waals surface area contributed by atoms with Gasteiger partial charge in [0.1, 0.15) is 18.3 Å². The zero-order chi connectivity index (χ0) is 30.1. The van der Waals surface area contributed by atoms with E-state index in [-0.39, 0.29) is 24.9 Å². The van der Waals surface area contributed by atoms with Gasteiger partial charge in [0.05, 0.1) is 16.9 Å². The lowest BCUT2D eigenvalue weighted by Gasteiger charge is -2.31. The maximum Gasteiger partial charge on any atom is 0.247 e. The van der Waals surface area contributed by atoms with Crippen LogP contribution in [0, 0.1) is 11.7 Å². The van der Waals surface area contributed by atoms with Crippen molar-refractivity contribution in [2.75, 3.05) is 21.2 Å². The normalized spacial score (nSPS) is 15.1. The third kappa shape index (κ3) is 5.25. The minimum atomic E-state index is -1.15. The number of rotatable bonds is 7. The second kappa shape index (κ2) is 11.5. The number of benzene rings is 4. The first-order chi connectivity index (χ1) is 20.8. The second-order valence-corrected chi connectivity index (χ2v) is 10.7. The van der Waals surface area contributed by atoms with Crippen LogP contribution in [-0.2, 0) is 20.8 Å². The van der Waals surface area contributed by atoms with Gasteiger partial charge in [0.25, 0.3) is 0 Å². The largest absolute Gasteiger partial charge is 0.308 e. The summed E-state index contributed by atoms with van der Waals surface area (Å²) in [5.41, 5.74) is 3.44. The van der Waals surface area contributed by atoms with Crippen molar-refractivity contribution in [3.63, 3.8) is 0 Å². The first-order valence-corrected chi connectivity index (χ1v) is 14.1. The molecule has 1 aliphatic rings. The molecule has 216 valence electrons. The number of hydrogen-bond acceptors (Lipinski definition) is 4. The highest BCUT2D eigenvalue weighted by Gasteiger charge is 2.42. The zero-order valence-corrected chi connectivity index (χ0v) is 23.8. The number of amides is 3. The van der Waals surface area contributed by atoms with Gasteiger partial charge < -0.3 is 9.80 Å². The molecule has 43 heavy (non-hydrogen) atoms. The van der Waals surface area contributed by atoms with Crippen molar-refractivity contribution in [1.29, 1.82) is 0 Å². The topological polar surface area (TPSA) is 89.6 Å². The molecule has 0 aliphatic carbocycles. The number of carbonyl (C=O) groups excluding carboxylic acids is 3. The number of para-hydroxylation sites is 4. The van der Waals surface area contributed by atoms with Gasteiger partial charge >= 0.3 is 0 Å². The summed E-state index contributed by atoms with van der Waals surface area (Å²) in [4.78, 5) is 47.4. The van der Waals surface area contributed by atoms with Gasteiger partial charge in [-0.2, -0.15) is 5.10 Å². The molecule has 3 amide bonds. The van der Waals surface area contributed by atoms with Crippen LogP contribution >= 0.6 is 0 Å². The lowest BCUT2D eigenvalue weighted by molar-refractivity contribution is -0.132. The smallest absolute Gasteiger partial charge is 0.247 e. The van der Waals surface area contributed by atoms with Crippen LogP contribution in [0.2, 0.25) is 0 Å². The number of aromatic nitrogens is 2. The first-order valence-electron chi connectivity index (χ1n) is 14.1. The summed E-state index contributed by atoms with van der Waals surface area (Å²) in [6.07, 6.45) is 0.0616. The highest BCUT2D eigenvalue weighted by atomic mass is 19.1. The maximum atomic E-state index is 14.5. The second-order valence-electron chi connectivity index (χ2n) is 10.7. The highest BCUT2D eigenvalue weighted by molar-refractivity contribution is 6.21. The van der Waals surface area contributed by atoms with E-state index in [2.05, 4.69) is 10.2 Å². The van der Waals surface area contributed by atoms with Crippen molar-refractivity contribution >= 4 is 51.4 Å². The minimum Gasteiger partial charge on any atom is -0.308 e. The molecule has 9 heteroatoms. The molecular formula is C34H30FN5O3. The van der Waals surface area contributed by atoms with Crippen molar-refractivity contribution in [1.82, 2.24) is 10.2 Å². The van der Waals surface area contributed by atoms with Gasteiger partial charge in [0, 0.05) is 34.9 Å². The summed E-state index contributed by atoms with van der Waals surface area (Å²) < 4.78 is 13.7. The number of H-pyrrole nitrogens is 1. The van der Waals surface area contributed by atoms with Crippen LogP contribution in [0.5, 0.6) is 0 Å². The Morgan fingerprint density at radius 1 is 0.860 bits per heavy atom. The first kappa shape index (κ1) is 27.8. The van der Waals surface area contributed by atoms with Crippen molar-refractivity contribution in [3.05, 3.63) is 115 Å². The third-order valence-corrected chi connectivity index (χ3v) is 7.64. The third-order valence-electron chi connectivity index (χ3n) is 7.64. The van der Waals surface area contributed by atoms with Gasteiger partial charge in [-0.1, -0.05) is 48.5 Å². The van der Waals surface area contributed by atoms with Gasteiger partial charge in [-0.25, -0.2) is 4.39 Å². The number of aromatic amines is 1. The van der Waals surface area contributed by atoms with Crippen molar-refractivity contribution in [2.45, 2.75) is 26.3 Å². The molecule has 5 aromatic rings. The highest BCUT2D eigenvalue weighted by Crippen LogP contribution is 2.40. The van der Waals surface area contributed by atoms with Crippen LogP contribution in [0.3, 0.4) is 0 Å². The summed E-state index contributed by atoms with van der Waals surface area (Å²) in [6, 6.07) is 29.2. The number of halogens is 1. The van der Waals surface area contributed by atoms with Crippen LogP contribution in [0.1, 0.15) is 19.5 Å². The molecule has 1 aliphatic heterocycles. The van der Waals surface area contributed by atoms with E-state index in [1.165, 1.54) is 34.1 Å². The van der Waals surface area contributed by atoms with E-state index < -0.39 is 23.5 Å². The summed E-state index contributed by atoms with van der Waals surface area (Å²) in [7, 11) is 0. The van der Waals surface area contributed by atoms with E-state index >= 15 is 0 Å². The Labute approximate surface area is 248 Å². The van der Waals surface area contributed by atoms with Gasteiger partial charge in [0.15, 0.2) is 0 Å². The SMILES string of the molecule is CC(C)N(C(=O)CN1C(=O)C(Cc2[nH]nc3ccccc23)C(=O)N(c2ccccc2)c2ccccc21)c1ccc(F)cc1. The Balaban J connectivity index is 1.45. The molecule has 0 radical (unpaired) electrons. The van der Waals surface area contributed by atoms with Crippen molar-refractivity contribution in [2.24, 2.45) is 5.92 Å². The number of nitrogens with zero attached hydrogens (tertiary/aromatic N) is 4. The molecule has 1 unspecified atom stereocenters. The lowest BCUT2D eigenvalue weighted by Crippen LogP contribution is -2.48. The van der Waals surface area contributed by atoms with Gasteiger partial charge in [-0.15, -0.1) is 0 Å². The Kier molecular flexibility index (Phi) is 7.46. The molecule has 0 saturated carbocycles. The fourth-order valence-corrected chi connectivity index (χ4v) is 5.67. The maximum absolute atomic E-state index is 14.5. The summed E-state index contributed by atoms with van der Waals surface area (Å²) in [5.74, 6) is -2.83. The van der Waals surface area contributed by atoms with Crippen molar-refractivity contribution in [3.8, 4) is 0 Å². The predicted octanol–water partition coefficient (Wildman–Crippen LogP) is 6.01. The molecular weight excluding hydrogens is 545 g/mol. The molecule has 4 aromatic carbocycles. The van der Waals surface area contributed by atoms with Crippen LogP contribution in [0.4, 0.5) is 27.1 Å². The molecule has 0 bridgehead atoms. The number of nitrogens with one attached hydrogen (secondary N) is 1. The number of anilines is 4. The van der Waals surface area contributed by atoms with E-state index in [1.807, 2.05) is 68.4 Å².